The topological polar surface area (TPSA) is 171 Å². The molecule has 0 spiro atoms. The van der Waals surface area contributed by atoms with Crippen LogP contribution >= 0.6 is 8.17 Å². The second-order valence-corrected chi connectivity index (χ2v) is 11.5. The number of hydrogen-bond acceptors (Lipinski definition) is 11. The number of fused-ring (bicyclic) bond motifs is 1. The Kier molecular flexibility index (Phi) is 10.1. The van der Waals surface area contributed by atoms with Crippen molar-refractivity contribution in [3.05, 3.63) is 69.5 Å². The number of carbonyl (C=O) groups is 2. The summed E-state index contributed by atoms with van der Waals surface area (Å²) in [7, 11) is -2.89. The summed E-state index contributed by atoms with van der Waals surface area (Å²) >= 11 is 0. The van der Waals surface area contributed by atoms with E-state index in [1.54, 1.807) is 44.2 Å². The lowest BCUT2D eigenvalue weighted by molar-refractivity contribution is -0.214. The molecule has 1 N–H and O–H groups in total. The number of rotatable bonds is 11. The van der Waals surface area contributed by atoms with Crippen LogP contribution in [0.1, 0.15) is 47.3 Å². The molecular formula is C29H32F2N3O10P. The highest BCUT2D eigenvalue weighted by Gasteiger charge is 2.67. The molecule has 1 aliphatic rings. The molecule has 0 amide bonds. The third-order valence-electron chi connectivity index (χ3n) is 6.73. The van der Waals surface area contributed by atoms with Gasteiger partial charge in [-0.2, -0.15) is 0 Å². The van der Waals surface area contributed by atoms with E-state index in [0.717, 1.165) is 19.2 Å². The van der Waals surface area contributed by atoms with Gasteiger partial charge in [-0.1, -0.05) is 42.0 Å². The van der Waals surface area contributed by atoms with Gasteiger partial charge < -0.3 is 23.8 Å². The average molecular weight is 652 g/mol. The van der Waals surface area contributed by atoms with Crippen molar-refractivity contribution in [1.82, 2.24) is 9.55 Å². The molecule has 45 heavy (non-hydrogen) atoms. The first-order valence-electron chi connectivity index (χ1n) is 13.9. The molecule has 0 bridgehead atoms. The fourth-order valence-corrected chi connectivity index (χ4v) is 5.38. The van der Waals surface area contributed by atoms with Crippen molar-refractivity contribution in [2.24, 2.45) is 4.74 Å². The third-order valence-corrected chi connectivity index (χ3v) is 7.61. The minimum Gasteiger partial charge on any atom is -0.575 e. The zero-order valence-corrected chi connectivity index (χ0v) is 25.9. The summed E-state index contributed by atoms with van der Waals surface area (Å²) in [5.41, 5.74) is -4.71. The van der Waals surface area contributed by atoms with Crippen molar-refractivity contribution in [2.45, 2.75) is 77.0 Å². The van der Waals surface area contributed by atoms with Gasteiger partial charge in [-0.3, -0.25) is 23.7 Å². The average Bonchev–Trinajstić information content (AvgIpc) is 3.16. The number of ether oxygens (including phenoxy) is 4. The molecular weight excluding hydrogens is 619 g/mol. The van der Waals surface area contributed by atoms with Crippen LogP contribution in [0.15, 0.2) is 63.0 Å². The highest BCUT2D eigenvalue weighted by molar-refractivity contribution is 7.34. The predicted octanol–water partition coefficient (Wildman–Crippen LogP) is 3.59. The van der Waals surface area contributed by atoms with Gasteiger partial charge in [0, 0.05) is 24.1 Å². The summed E-state index contributed by atoms with van der Waals surface area (Å²) < 4.78 is 64.4. The number of esters is 2. The lowest BCUT2D eigenvalue weighted by Crippen LogP contribution is -2.50. The largest absolute Gasteiger partial charge is 0.575 e. The smallest absolute Gasteiger partial charge is 0.395 e. The summed E-state index contributed by atoms with van der Waals surface area (Å²) in [6.45, 7) is 5.87. The zero-order chi connectivity index (χ0) is 33.1. The van der Waals surface area contributed by atoms with Crippen LogP contribution in [0.5, 0.6) is 11.5 Å². The fraction of sp³-hybridized carbons (Fsp3) is 0.448. The molecule has 1 aliphatic heterocycles. The zero-order valence-electron chi connectivity index (χ0n) is 25.0. The fourth-order valence-electron chi connectivity index (χ4n) is 4.61. The Morgan fingerprint density at radius 1 is 1.16 bits per heavy atom. The molecule has 2 heterocycles. The molecule has 1 fully saturated rings. The van der Waals surface area contributed by atoms with E-state index in [0.29, 0.717) is 15.3 Å². The first kappa shape index (κ1) is 33.7. The lowest BCUT2D eigenvalue weighted by atomic mass is 9.96. The maximum atomic E-state index is 16.7. The van der Waals surface area contributed by atoms with Gasteiger partial charge in [0.05, 0.1) is 6.10 Å². The SMILES string of the molecule is CCC(=O)O[C@H]1[C@@](C)(F)[C@H](n2ccc(=O)[nH]c2=O)O[C@]1(F)COc1ccc2ccccc2c1O[P+]([O-])=N[C@@H](C)C(=O)OC(C)C. The molecule has 2 aromatic carbocycles. The summed E-state index contributed by atoms with van der Waals surface area (Å²) in [6, 6.07) is 9.47. The number of aromatic nitrogens is 2. The van der Waals surface area contributed by atoms with E-state index >= 15 is 8.78 Å². The van der Waals surface area contributed by atoms with E-state index in [9.17, 15) is 24.1 Å². The normalized spacial score (nSPS) is 24.0. The van der Waals surface area contributed by atoms with Crippen LogP contribution in [0.4, 0.5) is 8.78 Å². The number of nitrogens with zero attached hydrogens (tertiary/aromatic N) is 2. The minimum absolute atomic E-state index is 0.137. The number of hydrogen-bond donors (Lipinski definition) is 1. The first-order valence-corrected chi connectivity index (χ1v) is 15.1. The summed E-state index contributed by atoms with van der Waals surface area (Å²) in [5, 5.41) is 0.999. The molecule has 1 saturated heterocycles. The Bertz CT molecular complexity index is 1730. The monoisotopic (exact) mass is 651 g/mol. The van der Waals surface area contributed by atoms with Gasteiger partial charge in [-0.05, 0) is 39.1 Å². The molecule has 3 aromatic rings. The van der Waals surface area contributed by atoms with E-state index < -0.39 is 74.0 Å². The molecule has 0 aliphatic carbocycles. The number of nitrogens with one attached hydrogen (secondary N) is 1. The van der Waals surface area contributed by atoms with Gasteiger partial charge in [0.1, 0.15) is 0 Å². The van der Waals surface area contributed by atoms with Crippen molar-refractivity contribution in [3.63, 3.8) is 0 Å². The second kappa shape index (κ2) is 13.4. The first-order chi connectivity index (χ1) is 21.2. The lowest BCUT2D eigenvalue weighted by Gasteiger charge is -2.29. The molecule has 6 atom stereocenters. The molecule has 0 radical (unpaired) electrons. The maximum absolute atomic E-state index is 16.7. The molecule has 242 valence electrons. The summed E-state index contributed by atoms with van der Waals surface area (Å²) in [4.78, 5) is 63.3. The van der Waals surface area contributed by atoms with Gasteiger partial charge in [0.15, 0.2) is 30.3 Å². The molecule has 1 aromatic heterocycles. The van der Waals surface area contributed by atoms with Crippen LogP contribution in [0.2, 0.25) is 0 Å². The Labute approximate surface area is 256 Å². The van der Waals surface area contributed by atoms with E-state index in [-0.39, 0.29) is 17.9 Å². The number of aromatic amines is 1. The van der Waals surface area contributed by atoms with Crippen LogP contribution in [-0.2, 0) is 23.8 Å². The van der Waals surface area contributed by atoms with Crippen LogP contribution in [0.3, 0.4) is 0 Å². The van der Waals surface area contributed by atoms with Gasteiger partial charge >= 0.3 is 25.8 Å². The Hall–Kier alpha value is -4.20. The summed E-state index contributed by atoms with van der Waals surface area (Å²) in [6.07, 6.45) is -3.95. The van der Waals surface area contributed by atoms with Crippen LogP contribution in [0, 0.1) is 0 Å². The quantitative estimate of drug-likeness (QED) is 0.239. The third kappa shape index (κ3) is 7.38. The van der Waals surface area contributed by atoms with E-state index in [2.05, 4.69) is 4.74 Å². The second-order valence-electron chi connectivity index (χ2n) is 10.7. The number of alkyl halides is 2. The standard InChI is InChI=1S/C29H32F2N3O10P/c1-6-22(36)42-25-28(5,30)26(34-14-13-21(35)32-27(34)38)43-29(25,31)15-40-20-12-11-18-9-7-8-10-19(18)23(20)44-45(39)33-17(4)24(37)41-16(2)3/h7-14,16-17,25-26H,6,15H2,1-5H3,(H,32,35,38)/t17-,25-,26+,28+,29+/m0/s1. The highest BCUT2D eigenvalue weighted by Crippen LogP contribution is 2.50. The van der Waals surface area contributed by atoms with Crippen LogP contribution < -0.4 is 25.4 Å². The Balaban J connectivity index is 1.69. The van der Waals surface area contributed by atoms with Crippen molar-refractivity contribution in [1.29, 1.82) is 0 Å². The van der Waals surface area contributed by atoms with E-state index in [1.807, 2.05) is 4.98 Å². The Morgan fingerprint density at radius 2 is 1.87 bits per heavy atom. The van der Waals surface area contributed by atoms with Gasteiger partial charge in [0.25, 0.3) is 11.4 Å². The van der Waals surface area contributed by atoms with Gasteiger partial charge in [-0.25, -0.2) is 18.4 Å². The van der Waals surface area contributed by atoms with Crippen molar-refractivity contribution in [3.8, 4) is 11.5 Å². The molecule has 16 heteroatoms. The molecule has 0 saturated carbocycles. The molecule has 13 nitrogen and oxygen atoms in total. The maximum Gasteiger partial charge on any atom is 0.395 e. The summed E-state index contributed by atoms with van der Waals surface area (Å²) in [5.74, 6) is -5.16. The number of H-pyrrole nitrogens is 1. The van der Waals surface area contributed by atoms with Crippen molar-refractivity contribution >= 4 is 30.9 Å². The van der Waals surface area contributed by atoms with Crippen molar-refractivity contribution < 1.29 is 46.7 Å². The Morgan fingerprint density at radius 3 is 2.53 bits per heavy atom. The van der Waals surface area contributed by atoms with E-state index in [4.69, 9.17) is 23.5 Å². The van der Waals surface area contributed by atoms with Gasteiger partial charge in [-0.15, -0.1) is 0 Å². The molecule has 1 unspecified atom stereocenters. The highest BCUT2D eigenvalue weighted by atomic mass is 31.1. The van der Waals surface area contributed by atoms with Gasteiger partial charge in [0.2, 0.25) is 11.9 Å². The van der Waals surface area contributed by atoms with Crippen molar-refractivity contribution in [2.75, 3.05) is 6.61 Å². The van der Waals surface area contributed by atoms with E-state index in [1.165, 1.54) is 19.9 Å². The number of carbonyl (C=O) groups excluding carboxylic acids is 2. The molecule has 4 rings (SSSR count). The van der Waals surface area contributed by atoms with Crippen LogP contribution in [0.25, 0.3) is 10.8 Å². The number of halogens is 2. The predicted molar refractivity (Wildman–Crippen MR) is 155 cm³/mol. The minimum atomic E-state index is -3.18. The van der Waals surface area contributed by atoms with Crippen LogP contribution in [-0.4, -0.2) is 57.9 Å². The number of benzene rings is 2.